The molecule has 2 atom stereocenters. The second kappa shape index (κ2) is 19.2. The minimum atomic E-state index is -1.39. The Balaban J connectivity index is 1.94. The van der Waals surface area contributed by atoms with Crippen LogP contribution in [0.25, 0.3) is 0 Å². The number of halogens is 2. The van der Waals surface area contributed by atoms with E-state index in [1.54, 1.807) is 24.3 Å². The number of carbonyl (C=O) groups is 7. The molecule has 0 unspecified atom stereocenters. The molecule has 1 aliphatic rings. The van der Waals surface area contributed by atoms with Crippen LogP contribution in [0.3, 0.4) is 0 Å². The number of imide groups is 1. The lowest BCUT2D eigenvalue weighted by molar-refractivity contribution is -0.137. The zero-order valence-electron chi connectivity index (χ0n) is 25.8. The number of nitrogens with one attached hydrogen (secondary N) is 2. The van der Waals surface area contributed by atoms with E-state index in [2.05, 4.69) is 47.2 Å². The topological polar surface area (TPSA) is 202 Å². The summed E-state index contributed by atoms with van der Waals surface area (Å²) in [6.07, 6.45) is 1.13. The van der Waals surface area contributed by atoms with E-state index in [1.165, 1.54) is 0 Å². The molecular formula is C31H40Br2N4O9. The third-order valence-corrected chi connectivity index (χ3v) is 9.43. The first-order valence-electron chi connectivity index (χ1n) is 14.9. The molecule has 2 rings (SSSR count). The first-order valence-corrected chi connectivity index (χ1v) is 16.5. The number of carboxylic acid groups (broad SMARTS) is 1. The Morgan fingerprint density at radius 1 is 0.935 bits per heavy atom. The van der Waals surface area contributed by atoms with E-state index in [-0.39, 0.29) is 71.8 Å². The summed E-state index contributed by atoms with van der Waals surface area (Å²) in [5, 5.41) is 14.0. The maximum absolute atomic E-state index is 13.4. The molecule has 46 heavy (non-hydrogen) atoms. The summed E-state index contributed by atoms with van der Waals surface area (Å²) < 4.78 is 4.93. The fraction of sp³-hybridized carbons (Fsp3) is 0.516. The number of hydrogen-bond donors (Lipinski definition) is 4. The van der Waals surface area contributed by atoms with Crippen molar-refractivity contribution in [1.82, 2.24) is 15.5 Å². The number of unbranched alkanes of at least 4 members (excludes halogenated alkanes) is 2. The van der Waals surface area contributed by atoms with Gasteiger partial charge in [0.05, 0.1) is 6.04 Å². The fourth-order valence-electron chi connectivity index (χ4n) is 4.80. The Kier molecular flexibility index (Phi) is 16.1. The Labute approximate surface area is 284 Å². The van der Waals surface area contributed by atoms with Crippen LogP contribution in [0.1, 0.15) is 69.9 Å². The van der Waals surface area contributed by atoms with Gasteiger partial charge in [0.1, 0.15) is 21.4 Å². The predicted octanol–water partition coefficient (Wildman–Crippen LogP) is 4.09. The number of urea groups is 1. The highest BCUT2D eigenvalue weighted by molar-refractivity contribution is 9.14. The van der Waals surface area contributed by atoms with Gasteiger partial charge in [0.25, 0.3) is 11.8 Å². The summed E-state index contributed by atoms with van der Waals surface area (Å²) in [4.78, 5) is 86.6. The van der Waals surface area contributed by atoms with E-state index < -0.39 is 41.9 Å². The molecule has 13 nitrogen and oxygen atoms in total. The number of amides is 5. The number of nitrogens with two attached hydrogens (primary N) is 1. The summed E-state index contributed by atoms with van der Waals surface area (Å²) in [5.41, 5.74) is 6.40. The Hall–Kier alpha value is -3.59. The lowest BCUT2D eigenvalue weighted by Crippen LogP contribution is -2.46. The summed E-state index contributed by atoms with van der Waals surface area (Å²) in [7, 11) is 0. The second-order valence-corrected chi connectivity index (χ2v) is 12.9. The molecule has 5 N–H and O–H groups in total. The van der Waals surface area contributed by atoms with E-state index in [0.717, 1.165) is 4.90 Å². The van der Waals surface area contributed by atoms with Crippen LogP contribution in [0.2, 0.25) is 0 Å². The van der Waals surface area contributed by atoms with Gasteiger partial charge in [-0.2, -0.15) is 0 Å². The van der Waals surface area contributed by atoms with Crippen LogP contribution in [0, 0.1) is 11.8 Å². The van der Waals surface area contributed by atoms with Crippen LogP contribution >= 0.6 is 31.9 Å². The summed E-state index contributed by atoms with van der Waals surface area (Å²) in [6.45, 7) is 3.98. The van der Waals surface area contributed by atoms with Crippen LogP contribution < -0.4 is 16.4 Å². The molecule has 1 aromatic rings. The van der Waals surface area contributed by atoms with Gasteiger partial charge in [0.2, 0.25) is 5.91 Å². The minimum Gasteiger partial charge on any atom is -0.450 e. The first-order chi connectivity index (χ1) is 21.7. The van der Waals surface area contributed by atoms with Gasteiger partial charge in [0, 0.05) is 38.3 Å². The third-order valence-electron chi connectivity index (χ3n) is 7.42. The summed E-state index contributed by atoms with van der Waals surface area (Å²) in [6, 6.07) is 5.08. The molecule has 0 bridgehead atoms. The van der Waals surface area contributed by atoms with Gasteiger partial charge in [-0.25, -0.2) is 9.59 Å². The van der Waals surface area contributed by atoms with E-state index in [1.807, 2.05) is 13.8 Å². The van der Waals surface area contributed by atoms with Gasteiger partial charge >= 0.3 is 12.2 Å². The normalized spacial score (nSPS) is 14.3. The van der Waals surface area contributed by atoms with Gasteiger partial charge in [-0.3, -0.25) is 28.9 Å². The van der Waals surface area contributed by atoms with Crippen molar-refractivity contribution < 1.29 is 43.4 Å². The Bertz CT molecular complexity index is 1310. The molecular weight excluding hydrogens is 732 g/mol. The molecule has 5 amide bonds. The highest BCUT2D eigenvalue weighted by Crippen LogP contribution is 2.29. The van der Waals surface area contributed by atoms with Crippen molar-refractivity contribution in [2.24, 2.45) is 17.6 Å². The quantitative estimate of drug-likeness (QED) is 0.0856. The molecule has 1 aliphatic heterocycles. The van der Waals surface area contributed by atoms with E-state index in [9.17, 15) is 33.6 Å². The van der Waals surface area contributed by atoms with Crippen molar-refractivity contribution in [1.29, 1.82) is 0 Å². The predicted molar refractivity (Wildman–Crippen MR) is 175 cm³/mol. The first kappa shape index (κ1) is 38.6. The molecule has 0 saturated carbocycles. The maximum Gasteiger partial charge on any atom is 0.506 e. The van der Waals surface area contributed by atoms with Gasteiger partial charge in [-0.15, -0.1) is 0 Å². The number of ketones is 2. The third kappa shape index (κ3) is 12.7. The van der Waals surface area contributed by atoms with Gasteiger partial charge in [-0.05, 0) is 74.6 Å². The van der Waals surface area contributed by atoms with Crippen molar-refractivity contribution in [3.8, 4) is 0 Å². The second-order valence-electron chi connectivity index (χ2n) is 11.3. The number of rotatable bonds is 20. The highest BCUT2D eigenvalue weighted by atomic mass is 79.9. The average Bonchev–Trinajstić information content (AvgIpc) is 3.18. The standard InChI is InChI=1S/C31H40Br2N4O9/c1-18(2)22(16-21(38)7-4-3-5-14-37-28(41)25(32)26(33)29(37)42)27(40)36-23(8-6-13-35-30(34)43)24(39)15-19-9-11-20(12-10-19)17-46-31(44)45/h9-12,18,22-23H,3-8,13-17H2,1-2H3,(H,36,40)(H,44,45)(H3,34,35,43)/t22-,23-/m0/s1. The highest BCUT2D eigenvalue weighted by Gasteiger charge is 2.35. The molecule has 0 aliphatic carbocycles. The number of ether oxygens (including phenoxy) is 1. The number of benzene rings is 1. The largest absolute Gasteiger partial charge is 0.506 e. The molecule has 0 saturated heterocycles. The number of primary amides is 1. The van der Waals surface area contributed by atoms with Crippen molar-refractivity contribution in [3.63, 3.8) is 0 Å². The summed E-state index contributed by atoms with van der Waals surface area (Å²) >= 11 is 6.19. The van der Waals surface area contributed by atoms with E-state index >= 15 is 0 Å². The van der Waals surface area contributed by atoms with Crippen LogP contribution in [0.4, 0.5) is 9.59 Å². The van der Waals surface area contributed by atoms with Gasteiger partial charge in [-0.1, -0.05) is 44.5 Å². The molecule has 0 radical (unpaired) electrons. The number of Topliss-reactive ketones (excluding diaryl/α,β-unsaturated/α-hetero) is 2. The lowest BCUT2D eigenvalue weighted by Gasteiger charge is -2.24. The molecule has 0 fully saturated rings. The fourth-order valence-corrected chi connectivity index (χ4v) is 5.57. The smallest absolute Gasteiger partial charge is 0.450 e. The molecule has 15 heteroatoms. The zero-order valence-corrected chi connectivity index (χ0v) is 29.0. The van der Waals surface area contributed by atoms with Crippen LogP contribution in [0.15, 0.2) is 33.2 Å². The Morgan fingerprint density at radius 2 is 1.54 bits per heavy atom. The van der Waals surface area contributed by atoms with Gasteiger partial charge in [0.15, 0.2) is 5.78 Å². The average molecular weight is 772 g/mol. The van der Waals surface area contributed by atoms with Crippen LogP contribution in [0.5, 0.6) is 0 Å². The van der Waals surface area contributed by atoms with Crippen molar-refractivity contribution in [2.75, 3.05) is 13.1 Å². The lowest BCUT2D eigenvalue weighted by atomic mass is 9.88. The van der Waals surface area contributed by atoms with E-state index in [4.69, 9.17) is 10.8 Å². The number of hydrogen-bond acceptors (Lipinski definition) is 8. The minimum absolute atomic E-state index is 0.000424. The number of nitrogens with zero attached hydrogens (tertiary/aromatic N) is 1. The molecule has 252 valence electrons. The molecule has 0 spiro atoms. The monoisotopic (exact) mass is 770 g/mol. The summed E-state index contributed by atoms with van der Waals surface area (Å²) in [5.74, 6) is -2.44. The maximum atomic E-state index is 13.4. The van der Waals surface area contributed by atoms with E-state index in [0.29, 0.717) is 36.8 Å². The molecule has 1 aromatic carbocycles. The van der Waals surface area contributed by atoms with Gasteiger partial charge < -0.3 is 26.2 Å². The molecule has 1 heterocycles. The molecule has 0 aromatic heterocycles. The number of carbonyl (C=O) groups excluding carboxylic acids is 6. The van der Waals surface area contributed by atoms with Crippen LogP contribution in [-0.4, -0.2) is 70.6 Å². The van der Waals surface area contributed by atoms with Crippen molar-refractivity contribution >= 4 is 73.3 Å². The SMILES string of the molecule is CC(C)[C@H](CC(=O)CCCCCN1C(=O)C(Br)=C(Br)C1=O)C(=O)N[C@@H](CCCNC(N)=O)C(=O)Cc1ccc(COC(=O)O)cc1. The zero-order chi connectivity index (χ0) is 34.4. The van der Waals surface area contributed by atoms with Crippen molar-refractivity contribution in [2.45, 2.75) is 77.9 Å². The van der Waals surface area contributed by atoms with Crippen molar-refractivity contribution in [3.05, 3.63) is 44.4 Å². The van der Waals surface area contributed by atoms with Crippen LogP contribution in [-0.2, 0) is 41.7 Å². The Morgan fingerprint density at radius 3 is 2.11 bits per heavy atom.